The van der Waals surface area contributed by atoms with Gasteiger partial charge in [-0.2, -0.15) is 5.26 Å². The third-order valence-corrected chi connectivity index (χ3v) is 4.39. The Labute approximate surface area is 147 Å². The van der Waals surface area contributed by atoms with Crippen molar-refractivity contribution >= 4 is 17.3 Å². The van der Waals surface area contributed by atoms with E-state index < -0.39 is 0 Å². The van der Waals surface area contributed by atoms with Gasteiger partial charge in [-0.15, -0.1) is 0 Å². The number of nitrogen functional groups attached to an aromatic ring is 1. The van der Waals surface area contributed by atoms with Crippen LogP contribution in [0.3, 0.4) is 0 Å². The van der Waals surface area contributed by atoms with Crippen LogP contribution in [-0.2, 0) is 0 Å². The number of hydrogen-bond acceptors (Lipinski definition) is 5. The lowest BCUT2D eigenvalue weighted by molar-refractivity contribution is 0.0747. The minimum Gasteiger partial charge on any atom is -0.497 e. The Hall–Kier alpha value is -3.20. The first kappa shape index (κ1) is 16.7. The van der Waals surface area contributed by atoms with Gasteiger partial charge in [-0.05, 0) is 42.5 Å². The first-order valence-corrected chi connectivity index (χ1v) is 8.10. The Morgan fingerprint density at radius 2 is 1.80 bits per heavy atom. The highest BCUT2D eigenvalue weighted by Crippen LogP contribution is 2.24. The van der Waals surface area contributed by atoms with E-state index in [1.54, 1.807) is 43.5 Å². The number of nitrogens with zero attached hydrogens (tertiary/aromatic N) is 3. The number of benzene rings is 2. The molecule has 1 heterocycles. The summed E-state index contributed by atoms with van der Waals surface area (Å²) in [5.74, 6) is 0.744. The fourth-order valence-electron chi connectivity index (χ4n) is 2.99. The van der Waals surface area contributed by atoms with Crippen LogP contribution in [0.25, 0.3) is 0 Å². The average Bonchev–Trinajstić information content (AvgIpc) is 2.67. The molecule has 1 fully saturated rings. The molecule has 0 aromatic heterocycles. The van der Waals surface area contributed by atoms with Crippen molar-refractivity contribution in [3.63, 3.8) is 0 Å². The number of ether oxygens (including phenoxy) is 1. The molecule has 1 aliphatic rings. The van der Waals surface area contributed by atoms with Gasteiger partial charge >= 0.3 is 0 Å². The number of methoxy groups -OCH3 is 1. The van der Waals surface area contributed by atoms with E-state index in [2.05, 4.69) is 11.0 Å². The summed E-state index contributed by atoms with van der Waals surface area (Å²) in [5, 5.41) is 9.30. The first-order valence-electron chi connectivity index (χ1n) is 8.10. The van der Waals surface area contributed by atoms with Gasteiger partial charge < -0.3 is 20.3 Å². The van der Waals surface area contributed by atoms with Crippen LogP contribution < -0.4 is 15.4 Å². The van der Waals surface area contributed by atoms with Crippen molar-refractivity contribution in [2.24, 2.45) is 0 Å². The smallest absolute Gasteiger partial charge is 0.253 e. The second kappa shape index (κ2) is 7.14. The van der Waals surface area contributed by atoms with Crippen LogP contribution >= 0.6 is 0 Å². The fourth-order valence-corrected chi connectivity index (χ4v) is 2.99. The van der Waals surface area contributed by atoms with Crippen LogP contribution in [-0.4, -0.2) is 44.1 Å². The van der Waals surface area contributed by atoms with Gasteiger partial charge in [-0.3, -0.25) is 4.79 Å². The third-order valence-electron chi connectivity index (χ3n) is 4.39. The lowest BCUT2D eigenvalue weighted by Crippen LogP contribution is -2.49. The molecular weight excluding hydrogens is 316 g/mol. The number of piperazine rings is 1. The molecular formula is C19H20N4O2. The maximum Gasteiger partial charge on any atom is 0.253 e. The molecule has 0 atom stereocenters. The lowest BCUT2D eigenvalue weighted by Gasteiger charge is -2.36. The molecule has 0 spiro atoms. The zero-order valence-corrected chi connectivity index (χ0v) is 14.1. The summed E-state index contributed by atoms with van der Waals surface area (Å²) in [5.41, 5.74) is 8.41. The van der Waals surface area contributed by atoms with E-state index in [-0.39, 0.29) is 5.91 Å². The molecule has 6 heteroatoms. The number of hydrogen-bond donors (Lipinski definition) is 1. The Morgan fingerprint density at radius 3 is 2.40 bits per heavy atom. The predicted octanol–water partition coefficient (Wildman–Crippen LogP) is 2.11. The number of anilines is 2. The normalized spacial score (nSPS) is 14.1. The van der Waals surface area contributed by atoms with E-state index >= 15 is 0 Å². The summed E-state index contributed by atoms with van der Waals surface area (Å²) < 4.78 is 5.12. The Morgan fingerprint density at radius 1 is 1.12 bits per heavy atom. The number of nitrogens with two attached hydrogens (primary N) is 1. The van der Waals surface area contributed by atoms with Crippen LogP contribution in [0.4, 0.5) is 11.4 Å². The van der Waals surface area contributed by atoms with E-state index in [1.165, 1.54) is 0 Å². The molecule has 2 aromatic rings. The maximum absolute atomic E-state index is 12.6. The second-order valence-electron chi connectivity index (χ2n) is 5.90. The van der Waals surface area contributed by atoms with E-state index in [0.717, 1.165) is 11.4 Å². The molecule has 0 bridgehead atoms. The number of nitriles is 1. The summed E-state index contributed by atoms with van der Waals surface area (Å²) in [6, 6.07) is 14.7. The van der Waals surface area contributed by atoms with Crippen molar-refractivity contribution < 1.29 is 9.53 Å². The van der Waals surface area contributed by atoms with Gasteiger partial charge in [-0.1, -0.05) is 0 Å². The van der Waals surface area contributed by atoms with E-state index in [0.29, 0.717) is 43.0 Å². The summed E-state index contributed by atoms with van der Waals surface area (Å²) in [6.07, 6.45) is 0. The second-order valence-corrected chi connectivity index (χ2v) is 5.90. The summed E-state index contributed by atoms with van der Waals surface area (Å²) in [6.45, 7) is 2.58. The van der Waals surface area contributed by atoms with Crippen molar-refractivity contribution in [2.75, 3.05) is 43.9 Å². The lowest BCUT2D eigenvalue weighted by atomic mass is 10.1. The number of carbonyl (C=O) groups excluding carboxylic acids is 1. The molecule has 0 unspecified atom stereocenters. The van der Waals surface area contributed by atoms with Crippen LogP contribution in [0.2, 0.25) is 0 Å². The van der Waals surface area contributed by atoms with Gasteiger partial charge in [0, 0.05) is 37.4 Å². The fraction of sp³-hybridized carbons (Fsp3) is 0.263. The molecule has 2 N–H and O–H groups in total. The van der Waals surface area contributed by atoms with E-state index in [9.17, 15) is 10.1 Å². The van der Waals surface area contributed by atoms with Crippen LogP contribution in [0.15, 0.2) is 42.5 Å². The molecule has 6 nitrogen and oxygen atoms in total. The molecule has 3 rings (SSSR count). The highest BCUT2D eigenvalue weighted by atomic mass is 16.5. The van der Waals surface area contributed by atoms with Gasteiger partial charge in [-0.25, -0.2) is 0 Å². The largest absolute Gasteiger partial charge is 0.497 e. The topological polar surface area (TPSA) is 82.6 Å². The highest BCUT2D eigenvalue weighted by Gasteiger charge is 2.23. The Kier molecular flexibility index (Phi) is 4.75. The predicted molar refractivity (Wildman–Crippen MR) is 96.7 cm³/mol. The molecule has 1 aliphatic heterocycles. The molecule has 25 heavy (non-hydrogen) atoms. The van der Waals surface area contributed by atoms with Crippen molar-refractivity contribution in [3.8, 4) is 11.8 Å². The monoisotopic (exact) mass is 336 g/mol. The van der Waals surface area contributed by atoms with Crippen molar-refractivity contribution in [1.29, 1.82) is 5.26 Å². The van der Waals surface area contributed by atoms with Crippen LogP contribution in [0.5, 0.6) is 5.75 Å². The third kappa shape index (κ3) is 3.50. The minimum atomic E-state index is 0.0140. The molecule has 1 amide bonds. The number of amides is 1. The summed E-state index contributed by atoms with van der Waals surface area (Å²) >= 11 is 0. The van der Waals surface area contributed by atoms with Gasteiger partial charge in [0.25, 0.3) is 5.91 Å². The zero-order chi connectivity index (χ0) is 17.8. The molecule has 128 valence electrons. The van der Waals surface area contributed by atoms with Crippen LogP contribution in [0.1, 0.15) is 15.9 Å². The first-order chi connectivity index (χ1) is 12.1. The molecule has 0 saturated carbocycles. The molecule has 1 saturated heterocycles. The van der Waals surface area contributed by atoms with Gasteiger partial charge in [0.2, 0.25) is 0 Å². The Bertz CT molecular complexity index is 803. The van der Waals surface area contributed by atoms with Crippen molar-refractivity contribution in [3.05, 3.63) is 53.6 Å². The minimum absolute atomic E-state index is 0.0140. The molecule has 2 aromatic carbocycles. The van der Waals surface area contributed by atoms with Crippen molar-refractivity contribution in [1.82, 2.24) is 4.90 Å². The SMILES string of the molecule is COc1ccc(C(=O)N2CCN(c3ccc(N)cc3C#N)CC2)cc1. The van der Waals surface area contributed by atoms with Gasteiger partial charge in [0.1, 0.15) is 11.8 Å². The molecule has 0 radical (unpaired) electrons. The van der Waals surface area contributed by atoms with E-state index in [1.807, 2.05) is 11.0 Å². The highest BCUT2D eigenvalue weighted by molar-refractivity contribution is 5.94. The number of rotatable bonds is 3. The van der Waals surface area contributed by atoms with E-state index in [4.69, 9.17) is 10.5 Å². The van der Waals surface area contributed by atoms with Crippen molar-refractivity contribution in [2.45, 2.75) is 0 Å². The number of carbonyl (C=O) groups is 1. The standard InChI is InChI=1S/C19H20N4O2/c1-25-17-5-2-14(3-6-17)19(24)23-10-8-22(9-11-23)18-7-4-16(21)12-15(18)13-20/h2-7,12H,8-11,21H2,1H3. The Balaban J connectivity index is 1.67. The quantitative estimate of drug-likeness (QED) is 0.868. The van der Waals surface area contributed by atoms with Gasteiger partial charge in [0.15, 0.2) is 0 Å². The van der Waals surface area contributed by atoms with Gasteiger partial charge in [0.05, 0.1) is 18.4 Å². The average molecular weight is 336 g/mol. The van der Waals surface area contributed by atoms with Crippen LogP contribution in [0, 0.1) is 11.3 Å². The summed E-state index contributed by atoms with van der Waals surface area (Å²) in [7, 11) is 1.60. The maximum atomic E-state index is 12.6. The zero-order valence-electron chi connectivity index (χ0n) is 14.1. The molecule has 0 aliphatic carbocycles. The summed E-state index contributed by atoms with van der Waals surface area (Å²) in [4.78, 5) is 16.6.